The van der Waals surface area contributed by atoms with Gasteiger partial charge in [-0.05, 0) is 56.4 Å². The zero-order valence-corrected chi connectivity index (χ0v) is 17.0. The van der Waals surface area contributed by atoms with Gasteiger partial charge in [0, 0.05) is 19.6 Å². The monoisotopic (exact) mass is 378 g/mol. The summed E-state index contributed by atoms with van der Waals surface area (Å²) in [5.74, 6) is 1.19. The predicted molar refractivity (Wildman–Crippen MR) is 113 cm³/mol. The average Bonchev–Trinajstić information content (AvgIpc) is 2.71. The molecule has 1 fully saturated rings. The van der Waals surface area contributed by atoms with Gasteiger partial charge in [0.1, 0.15) is 12.4 Å². The molecule has 4 nitrogen and oxygen atoms in total. The van der Waals surface area contributed by atoms with Gasteiger partial charge >= 0.3 is 0 Å². The van der Waals surface area contributed by atoms with Crippen LogP contribution in [0.2, 0.25) is 0 Å². The second kappa shape index (κ2) is 8.26. The molecule has 0 unspecified atom stereocenters. The zero-order chi connectivity index (χ0) is 19.5. The van der Waals surface area contributed by atoms with Gasteiger partial charge in [-0.1, -0.05) is 35.9 Å². The fraction of sp³-hybridized carbons (Fsp3) is 0.458. The number of likely N-dealkylation sites (tertiary alicyclic amines) is 1. The molecule has 2 aromatic rings. The zero-order valence-electron chi connectivity index (χ0n) is 17.0. The first-order chi connectivity index (χ1) is 13.6. The molecule has 2 aromatic carbocycles. The number of carbonyl (C=O) groups is 1. The third kappa shape index (κ3) is 4.16. The van der Waals surface area contributed by atoms with Crippen molar-refractivity contribution in [1.82, 2.24) is 4.90 Å². The van der Waals surface area contributed by atoms with E-state index in [9.17, 15) is 4.79 Å². The van der Waals surface area contributed by atoms with Crippen LogP contribution in [0.1, 0.15) is 42.4 Å². The number of hydrogen-bond acceptors (Lipinski definition) is 3. The number of carbonyl (C=O) groups excluding carboxylic acids is 1. The molecular formula is C24H30N2O2. The summed E-state index contributed by atoms with van der Waals surface area (Å²) in [6.45, 7) is 7.34. The van der Waals surface area contributed by atoms with Gasteiger partial charge < -0.3 is 14.5 Å². The molecule has 0 bridgehead atoms. The number of hydrogen-bond donors (Lipinski definition) is 0. The fourth-order valence-electron chi connectivity index (χ4n) is 4.19. The number of piperidine rings is 1. The van der Waals surface area contributed by atoms with Gasteiger partial charge in [-0.3, -0.25) is 4.79 Å². The summed E-state index contributed by atoms with van der Waals surface area (Å²) in [5.41, 5.74) is 4.80. The highest BCUT2D eigenvalue weighted by molar-refractivity contribution is 5.78. The van der Waals surface area contributed by atoms with Crippen LogP contribution in [0.4, 0.5) is 5.69 Å². The van der Waals surface area contributed by atoms with Crippen molar-refractivity contribution < 1.29 is 9.53 Å². The molecule has 0 radical (unpaired) electrons. The van der Waals surface area contributed by atoms with Crippen molar-refractivity contribution in [3.8, 4) is 5.75 Å². The van der Waals surface area contributed by atoms with Crippen LogP contribution in [0.5, 0.6) is 5.75 Å². The van der Waals surface area contributed by atoms with Crippen LogP contribution in [0.15, 0.2) is 42.5 Å². The molecule has 0 aromatic heterocycles. The van der Waals surface area contributed by atoms with Crippen LogP contribution in [0.25, 0.3) is 0 Å². The lowest BCUT2D eigenvalue weighted by molar-refractivity contribution is -0.132. The van der Waals surface area contributed by atoms with Gasteiger partial charge in [0.25, 0.3) is 0 Å². The molecule has 2 heterocycles. The van der Waals surface area contributed by atoms with Crippen molar-refractivity contribution in [2.75, 3.05) is 24.6 Å². The summed E-state index contributed by atoms with van der Waals surface area (Å²) in [6, 6.07) is 15.1. The van der Waals surface area contributed by atoms with Crippen LogP contribution >= 0.6 is 0 Å². The Morgan fingerprint density at radius 1 is 1.00 bits per heavy atom. The van der Waals surface area contributed by atoms with Gasteiger partial charge in [-0.25, -0.2) is 0 Å². The van der Waals surface area contributed by atoms with Crippen molar-refractivity contribution >= 4 is 11.6 Å². The molecule has 28 heavy (non-hydrogen) atoms. The second-order valence-corrected chi connectivity index (χ2v) is 8.20. The first-order valence-corrected chi connectivity index (χ1v) is 10.4. The van der Waals surface area contributed by atoms with E-state index >= 15 is 0 Å². The number of rotatable bonds is 4. The number of anilines is 1. The first kappa shape index (κ1) is 18.9. The van der Waals surface area contributed by atoms with Crippen molar-refractivity contribution in [2.24, 2.45) is 0 Å². The SMILES string of the molecule is Cc1ccc(CN2c3ccc(C)cc3OC[C@H]2CC(=O)N2CCCCC2)cc1. The molecular weight excluding hydrogens is 348 g/mol. The Labute approximate surface area is 168 Å². The highest BCUT2D eigenvalue weighted by Gasteiger charge is 2.31. The molecule has 1 amide bonds. The van der Waals surface area contributed by atoms with E-state index in [0.717, 1.165) is 43.9 Å². The maximum atomic E-state index is 12.9. The minimum atomic E-state index is 0.0611. The molecule has 1 atom stereocenters. The summed E-state index contributed by atoms with van der Waals surface area (Å²) in [6.07, 6.45) is 4.01. The third-order valence-electron chi connectivity index (χ3n) is 5.89. The van der Waals surface area contributed by atoms with Crippen molar-refractivity contribution in [1.29, 1.82) is 0 Å². The quantitative estimate of drug-likeness (QED) is 0.787. The van der Waals surface area contributed by atoms with E-state index in [0.29, 0.717) is 13.0 Å². The lowest BCUT2D eigenvalue weighted by Crippen LogP contribution is -2.47. The number of fused-ring (bicyclic) bond motifs is 1. The highest BCUT2D eigenvalue weighted by atomic mass is 16.5. The van der Waals surface area contributed by atoms with Crippen LogP contribution in [0, 0.1) is 13.8 Å². The first-order valence-electron chi connectivity index (χ1n) is 10.4. The van der Waals surface area contributed by atoms with E-state index in [-0.39, 0.29) is 11.9 Å². The minimum Gasteiger partial charge on any atom is -0.489 e. The van der Waals surface area contributed by atoms with Gasteiger partial charge in [-0.15, -0.1) is 0 Å². The smallest absolute Gasteiger partial charge is 0.224 e. The fourth-order valence-corrected chi connectivity index (χ4v) is 4.19. The lowest BCUT2D eigenvalue weighted by atomic mass is 10.0. The molecule has 4 heteroatoms. The molecule has 148 valence electrons. The molecule has 2 aliphatic heterocycles. The van der Waals surface area contributed by atoms with Gasteiger partial charge in [0.2, 0.25) is 5.91 Å². The number of ether oxygens (including phenoxy) is 1. The Kier molecular flexibility index (Phi) is 5.56. The number of amides is 1. The molecule has 1 saturated heterocycles. The Hall–Kier alpha value is -2.49. The summed E-state index contributed by atoms with van der Waals surface area (Å²) in [4.78, 5) is 17.3. The summed E-state index contributed by atoms with van der Waals surface area (Å²) >= 11 is 0. The van der Waals surface area contributed by atoms with Gasteiger partial charge in [0.05, 0.1) is 18.2 Å². The maximum Gasteiger partial charge on any atom is 0.224 e. The summed E-state index contributed by atoms with van der Waals surface area (Å²) < 4.78 is 6.08. The van der Waals surface area contributed by atoms with Gasteiger partial charge in [-0.2, -0.15) is 0 Å². The van der Waals surface area contributed by atoms with E-state index in [1.54, 1.807) is 0 Å². The molecule has 0 saturated carbocycles. The molecule has 2 aliphatic rings. The Morgan fingerprint density at radius 2 is 1.71 bits per heavy atom. The minimum absolute atomic E-state index is 0.0611. The second-order valence-electron chi connectivity index (χ2n) is 8.20. The maximum absolute atomic E-state index is 12.9. The Bertz CT molecular complexity index is 825. The Morgan fingerprint density at radius 3 is 2.46 bits per heavy atom. The summed E-state index contributed by atoms with van der Waals surface area (Å²) in [7, 11) is 0. The topological polar surface area (TPSA) is 32.8 Å². The average molecular weight is 379 g/mol. The van der Waals surface area contributed by atoms with Crippen LogP contribution in [-0.4, -0.2) is 36.5 Å². The van der Waals surface area contributed by atoms with Crippen molar-refractivity contribution in [2.45, 2.75) is 52.1 Å². The highest BCUT2D eigenvalue weighted by Crippen LogP contribution is 2.36. The predicted octanol–water partition coefficient (Wildman–Crippen LogP) is 4.47. The lowest BCUT2D eigenvalue weighted by Gasteiger charge is -2.39. The van der Waals surface area contributed by atoms with Crippen molar-refractivity contribution in [3.63, 3.8) is 0 Å². The van der Waals surface area contributed by atoms with E-state index in [4.69, 9.17) is 4.74 Å². The molecule has 0 aliphatic carbocycles. The normalized spacial score (nSPS) is 19.1. The standard InChI is InChI=1S/C24H30N2O2/c1-18-6-9-20(10-7-18)16-26-21(15-24(27)25-12-4-3-5-13-25)17-28-23-14-19(2)8-11-22(23)26/h6-11,14,21H,3-5,12-13,15-17H2,1-2H3/t21-/m1/s1. The molecule has 4 rings (SSSR count). The Balaban J connectivity index is 1.57. The van der Waals surface area contributed by atoms with Gasteiger partial charge in [0.15, 0.2) is 0 Å². The number of benzene rings is 2. The van der Waals surface area contributed by atoms with E-state index in [1.807, 2.05) is 4.90 Å². The van der Waals surface area contributed by atoms with Crippen LogP contribution in [-0.2, 0) is 11.3 Å². The summed E-state index contributed by atoms with van der Waals surface area (Å²) in [5, 5.41) is 0. The number of nitrogens with zero attached hydrogens (tertiary/aromatic N) is 2. The van der Waals surface area contributed by atoms with E-state index < -0.39 is 0 Å². The van der Waals surface area contributed by atoms with E-state index in [1.165, 1.54) is 23.1 Å². The van der Waals surface area contributed by atoms with E-state index in [2.05, 4.69) is 61.2 Å². The van der Waals surface area contributed by atoms with Crippen molar-refractivity contribution in [3.05, 3.63) is 59.2 Å². The molecule has 0 spiro atoms. The van der Waals surface area contributed by atoms with Crippen LogP contribution < -0.4 is 9.64 Å². The number of aryl methyl sites for hydroxylation is 2. The van der Waals surface area contributed by atoms with Crippen LogP contribution in [0.3, 0.4) is 0 Å². The third-order valence-corrected chi connectivity index (χ3v) is 5.89. The molecule has 0 N–H and O–H groups in total. The largest absolute Gasteiger partial charge is 0.489 e.